The van der Waals surface area contributed by atoms with Crippen molar-refractivity contribution in [2.45, 2.75) is 46.5 Å². The Morgan fingerprint density at radius 3 is 2.38 bits per heavy atom. The molecule has 0 aromatic carbocycles. The molecule has 0 bridgehead atoms. The Hall–Kier alpha value is -0.790. The van der Waals surface area contributed by atoms with Gasteiger partial charge in [0.05, 0.1) is 6.61 Å². The van der Waals surface area contributed by atoms with Crippen LogP contribution in [0.1, 0.15) is 46.5 Å². The maximum absolute atomic E-state index is 11.3. The summed E-state index contributed by atoms with van der Waals surface area (Å²) in [6, 6.07) is 0. The van der Waals surface area contributed by atoms with Gasteiger partial charge < -0.3 is 4.74 Å². The second-order valence-electron chi connectivity index (χ2n) is 3.01. The Morgan fingerprint density at radius 2 is 1.92 bits per heavy atom. The van der Waals surface area contributed by atoms with Crippen molar-refractivity contribution in [1.29, 1.82) is 0 Å². The van der Waals surface area contributed by atoms with Crippen molar-refractivity contribution < 1.29 is 9.53 Å². The summed E-state index contributed by atoms with van der Waals surface area (Å²) in [6.45, 7) is 6.60. The summed E-state index contributed by atoms with van der Waals surface area (Å²) in [5, 5.41) is 0. The van der Waals surface area contributed by atoms with Crippen LogP contribution in [-0.2, 0) is 9.53 Å². The van der Waals surface area contributed by atoms with Crippen molar-refractivity contribution in [3.63, 3.8) is 0 Å². The summed E-state index contributed by atoms with van der Waals surface area (Å²) < 4.78 is 5.03. The quantitative estimate of drug-likeness (QED) is 0.468. The van der Waals surface area contributed by atoms with Gasteiger partial charge in [-0.2, -0.15) is 0 Å². The van der Waals surface area contributed by atoms with Crippen molar-refractivity contribution in [3.8, 4) is 0 Å². The highest BCUT2D eigenvalue weighted by molar-refractivity contribution is 5.88. The van der Waals surface area contributed by atoms with Gasteiger partial charge in [0.25, 0.3) is 0 Å². The van der Waals surface area contributed by atoms with Gasteiger partial charge in [0.1, 0.15) is 0 Å². The molecule has 0 heterocycles. The third-order valence-corrected chi connectivity index (χ3v) is 1.76. The minimum Gasteiger partial charge on any atom is -0.462 e. The zero-order valence-corrected chi connectivity index (χ0v) is 8.93. The maximum atomic E-state index is 11.3. The molecule has 76 valence electrons. The number of esters is 1. The minimum atomic E-state index is -0.141. The SMILES string of the molecule is CCCC=C(CC)C(=O)OCCC. The summed E-state index contributed by atoms with van der Waals surface area (Å²) in [5.41, 5.74) is 0.815. The van der Waals surface area contributed by atoms with Gasteiger partial charge in [-0.05, 0) is 19.3 Å². The van der Waals surface area contributed by atoms with Crippen LogP contribution in [0.2, 0.25) is 0 Å². The van der Waals surface area contributed by atoms with E-state index in [1.165, 1.54) is 0 Å². The summed E-state index contributed by atoms with van der Waals surface area (Å²) in [6.07, 6.45) is 5.67. The summed E-state index contributed by atoms with van der Waals surface area (Å²) in [7, 11) is 0. The molecule has 0 fully saturated rings. The van der Waals surface area contributed by atoms with E-state index < -0.39 is 0 Å². The van der Waals surface area contributed by atoms with Gasteiger partial charge in [-0.25, -0.2) is 4.79 Å². The molecule has 0 spiro atoms. The van der Waals surface area contributed by atoms with Crippen LogP contribution >= 0.6 is 0 Å². The van der Waals surface area contributed by atoms with Gasteiger partial charge in [0.15, 0.2) is 0 Å². The van der Waals surface area contributed by atoms with E-state index in [1.807, 2.05) is 19.9 Å². The molecule has 0 saturated heterocycles. The molecular weight excluding hydrogens is 164 g/mol. The van der Waals surface area contributed by atoms with E-state index in [2.05, 4.69) is 6.92 Å². The van der Waals surface area contributed by atoms with Gasteiger partial charge in [0, 0.05) is 5.57 Å². The maximum Gasteiger partial charge on any atom is 0.333 e. The molecule has 0 amide bonds. The van der Waals surface area contributed by atoms with Crippen LogP contribution in [0.25, 0.3) is 0 Å². The number of unbranched alkanes of at least 4 members (excludes halogenated alkanes) is 1. The number of carbonyl (C=O) groups excluding carboxylic acids is 1. The Morgan fingerprint density at radius 1 is 1.23 bits per heavy atom. The van der Waals surface area contributed by atoms with Gasteiger partial charge in [-0.15, -0.1) is 0 Å². The highest BCUT2D eigenvalue weighted by Gasteiger charge is 2.06. The summed E-state index contributed by atoms with van der Waals surface area (Å²) in [5.74, 6) is -0.141. The molecule has 0 aliphatic rings. The number of rotatable bonds is 6. The van der Waals surface area contributed by atoms with Crippen molar-refractivity contribution in [2.24, 2.45) is 0 Å². The minimum absolute atomic E-state index is 0.141. The Bertz CT molecular complexity index is 171. The fraction of sp³-hybridized carbons (Fsp3) is 0.727. The molecule has 2 nitrogen and oxygen atoms in total. The highest BCUT2D eigenvalue weighted by Crippen LogP contribution is 2.06. The second-order valence-corrected chi connectivity index (χ2v) is 3.01. The Labute approximate surface area is 81.0 Å². The Kier molecular flexibility index (Phi) is 7.36. The normalized spacial score (nSPS) is 11.5. The fourth-order valence-corrected chi connectivity index (χ4v) is 0.978. The van der Waals surface area contributed by atoms with Crippen LogP contribution < -0.4 is 0 Å². The molecule has 2 heteroatoms. The van der Waals surface area contributed by atoms with Gasteiger partial charge in [-0.3, -0.25) is 0 Å². The molecular formula is C11H20O2. The van der Waals surface area contributed by atoms with Crippen LogP contribution in [0, 0.1) is 0 Å². The summed E-state index contributed by atoms with van der Waals surface area (Å²) >= 11 is 0. The number of ether oxygens (including phenoxy) is 1. The van der Waals surface area contributed by atoms with Gasteiger partial charge in [0.2, 0.25) is 0 Å². The third kappa shape index (κ3) is 5.45. The molecule has 0 aromatic rings. The predicted molar refractivity (Wildman–Crippen MR) is 54.5 cm³/mol. The van der Waals surface area contributed by atoms with E-state index in [4.69, 9.17) is 4.74 Å². The third-order valence-electron chi connectivity index (χ3n) is 1.76. The average molecular weight is 184 g/mol. The van der Waals surface area contributed by atoms with Crippen molar-refractivity contribution in [1.82, 2.24) is 0 Å². The van der Waals surface area contributed by atoms with Crippen molar-refractivity contribution in [2.75, 3.05) is 6.61 Å². The fourth-order valence-electron chi connectivity index (χ4n) is 0.978. The largest absolute Gasteiger partial charge is 0.462 e. The van der Waals surface area contributed by atoms with Crippen LogP contribution in [0.15, 0.2) is 11.6 Å². The Balaban J connectivity index is 3.99. The monoisotopic (exact) mass is 184 g/mol. The molecule has 0 rings (SSSR count). The number of hydrogen-bond acceptors (Lipinski definition) is 2. The van der Waals surface area contributed by atoms with Crippen molar-refractivity contribution >= 4 is 5.97 Å². The number of allylic oxidation sites excluding steroid dienone is 1. The smallest absolute Gasteiger partial charge is 0.333 e. The first-order valence-electron chi connectivity index (χ1n) is 5.12. The molecule has 13 heavy (non-hydrogen) atoms. The lowest BCUT2D eigenvalue weighted by Crippen LogP contribution is -2.08. The first kappa shape index (κ1) is 12.2. The molecule has 0 saturated carbocycles. The van der Waals surface area contributed by atoms with Crippen molar-refractivity contribution in [3.05, 3.63) is 11.6 Å². The van der Waals surface area contributed by atoms with E-state index in [9.17, 15) is 4.79 Å². The van der Waals surface area contributed by atoms with Crippen LogP contribution in [-0.4, -0.2) is 12.6 Å². The summed E-state index contributed by atoms with van der Waals surface area (Å²) in [4.78, 5) is 11.3. The standard InChI is InChI=1S/C11H20O2/c1-4-7-8-10(6-3)11(12)13-9-5-2/h8H,4-7,9H2,1-3H3. The molecule has 0 N–H and O–H groups in total. The van der Waals surface area contributed by atoms with Gasteiger partial charge in [-0.1, -0.05) is 33.3 Å². The lowest BCUT2D eigenvalue weighted by molar-refractivity contribution is -0.139. The van der Waals surface area contributed by atoms with E-state index in [1.54, 1.807) is 0 Å². The average Bonchev–Trinajstić information content (AvgIpc) is 2.16. The van der Waals surface area contributed by atoms with Gasteiger partial charge >= 0.3 is 5.97 Å². The topological polar surface area (TPSA) is 26.3 Å². The first-order chi connectivity index (χ1) is 6.26. The predicted octanol–water partition coefficient (Wildman–Crippen LogP) is 3.08. The lowest BCUT2D eigenvalue weighted by Gasteiger charge is -2.04. The van der Waals surface area contributed by atoms with Crippen LogP contribution in [0.4, 0.5) is 0 Å². The number of carbonyl (C=O) groups is 1. The zero-order valence-electron chi connectivity index (χ0n) is 8.93. The van der Waals surface area contributed by atoms with E-state index in [-0.39, 0.29) is 5.97 Å². The first-order valence-corrected chi connectivity index (χ1v) is 5.12. The molecule has 0 aliphatic heterocycles. The molecule has 0 radical (unpaired) electrons. The highest BCUT2D eigenvalue weighted by atomic mass is 16.5. The zero-order chi connectivity index (χ0) is 10.1. The van der Waals surface area contributed by atoms with Crippen LogP contribution in [0.3, 0.4) is 0 Å². The van der Waals surface area contributed by atoms with E-state index in [0.717, 1.165) is 31.3 Å². The molecule has 0 aliphatic carbocycles. The second kappa shape index (κ2) is 7.84. The number of hydrogen-bond donors (Lipinski definition) is 0. The lowest BCUT2D eigenvalue weighted by atomic mass is 10.1. The van der Waals surface area contributed by atoms with E-state index in [0.29, 0.717) is 6.61 Å². The molecule has 0 atom stereocenters. The van der Waals surface area contributed by atoms with E-state index >= 15 is 0 Å². The molecule has 0 unspecified atom stereocenters. The van der Waals surface area contributed by atoms with Crippen LogP contribution in [0.5, 0.6) is 0 Å². The molecule has 0 aromatic heterocycles.